The Labute approximate surface area is 218 Å². The van der Waals surface area contributed by atoms with Crippen molar-refractivity contribution in [3.05, 3.63) is 40.8 Å². The van der Waals surface area contributed by atoms with Gasteiger partial charge in [0, 0.05) is 43.8 Å². The van der Waals surface area contributed by atoms with Crippen LogP contribution in [0.25, 0.3) is 11.0 Å². The highest BCUT2D eigenvalue weighted by molar-refractivity contribution is 5.94. The van der Waals surface area contributed by atoms with E-state index >= 15 is 0 Å². The van der Waals surface area contributed by atoms with E-state index in [0.29, 0.717) is 42.4 Å². The number of hydrogen-bond donors (Lipinski definition) is 3. The lowest BCUT2D eigenvalue weighted by Gasteiger charge is -2.29. The lowest BCUT2D eigenvalue weighted by atomic mass is 9.93. The van der Waals surface area contributed by atoms with Crippen molar-refractivity contribution in [3.63, 3.8) is 0 Å². The van der Waals surface area contributed by atoms with E-state index in [-0.39, 0.29) is 29.8 Å². The van der Waals surface area contributed by atoms with Crippen LogP contribution in [0.1, 0.15) is 25.7 Å². The van der Waals surface area contributed by atoms with Crippen LogP contribution in [0.15, 0.2) is 35.3 Å². The lowest BCUT2D eigenvalue weighted by Crippen LogP contribution is -2.39. The Morgan fingerprint density at radius 1 is 1.18 bits per heavy atom. The second-order valence-electron chi connectivity index (χ2n) is 8.77. The summed E-state index contributed by atoms with van der Waals surface area (Å²) in [6.45, 7) is 1.28. The molecule has 4 heterocycles. The number of amides is 2. The van der Waals surface area contributed by atoms with Gasteiger partial charge in [-0.05, 0) is 37.8 Å². The predicted octanol–water partition coefficient (Wildman–Crippen LogP) is 1.33. The fourth-order valence-electron chi connectivity index (χ4n) is 4.40. The standard InChI is InChI=1S/C18H25N3O3.C7H6N4O3/c1-23-15-5-3-4-14(12-15)19-10-11-21-17(22)9-7-13-6-8-16(24-2)20-18(13)21;12-3-9-7-8-1-4-6(11-7)10-5(13)2-14-4/h6-9,14-15,19H,3-5,10-12H2,1-2H3;1,3H,2H2,(H2,8,9,10,11,12,13)/t14-,15?;/m0./s1. The number of nitrogens with zero attached hydrogens (tertiary/aromatic N) is 4. The number of pyridine rings is 2. The molecule has 38 heavy (non-hydrogen) atoms. The smallest absolute Gasteiger partial charge is 0.263 e. The molecule has 0 aromatic carbocycles. The highest BCUT2D eigenvalue weighted by Gasteiger charge is 2.21. The van der Waals surface area contributed by atoms with Gasteiger partial charge < -0.3 is 24.8 Å². The number of carbonyl (C=O) groups excluding carboxylic acids is 2. The Balaban J connectivity index is 0.000000204. The predicted molar refractivity (Wildman–Crippen MR) is 139 cm³/mol. The average Bonchev–Trinajstić information content (AvgIpc) is 2.94. The van der Waals surface area contributed by atoms with Gasteiger partial charge in [0.1, 0.15) is 5.65 Å². The van der Waals surface area contributed by atoms with Crippen molar-refractivity contribution in [2.75, 3.05) is 38.0 Å². The minimum Gasteiger partial charge on any atom is -0.481 e. The first-order valence-electron chi connectivity index (χ1n) is 12.3. The first-order valence-corrected chi connectivity index (χ1v) is 12.3. The van der Waals surface area contributed by atoms with Crippen LogP contribution in [-0.4, -0.2) is 71.4 Å². The van der Waals surface area contributed by atoms with Crippen LogP contribution < -0.4 is 31.0 Å². The van der Waals surface area contributed by atoms with Crippen LogP contribution in [0.4, 0.5) is 11.8 Å². The molecule has 3 N–H and O–H groups in total. The molecule has 0 saturated heterocycles. The molecular formula is C25H31N7O6. The molecule has 13 heteroatoms. The molecule has 3 aromatic rings. The molecule has 1 aliphatic carbocycles. The zero-order valence-electron chi connectivity index (χ0n) is 21.3. The monoisotopic (exact) mass is 525 g/mol. The third-order valence-electron chi connectivity index (χ3n) is 6.30. The summed E-state index contributed by atoms with van der Waals surface area (Å²) in [5.74, 6) is 1.00. The number of rotatable bonds is 8. The van der Waals surface area contributed by atoms with E-state index in [2.05, 4.69) is 30.9 Å². The second-order valence-corrected chi connectivity index (χ2v) is 8.77. The van der Waals surface area contributed by atoms with E-state index in [9.17, 15) is 14.4 Å². The molecule has 0 bridgehead atoms. The molecule has 13 nitrogen and oxygen atoms in total. The van der Waals surface area contributed by atoms with E-state index in [1.807, 2.05) is 12.1 Å². The Kier molecular flexibility index (Phi) is 9.16. The normalized spacial score (nSPS) is 18.3. The third kappa shape index (κ3) is 6.81. The molecule has 1 saturated carbocycles. The summed E-state index contributed by atoms with van der Waals surface area (Å²) >= 11 is 0. The minimum absolute atomic E-state index is 0.0385. The fraction of sp³-hybridized carbons (Fsp3) is 0.440. The molecule has 1 unspecified atom stereocenters. The van der Waals surface area contributed by atoms with Crippen molar-refractivity contribution in [1.82, 2.24) is 24.8 Å². The Morgan fingerprint density at radius 2 is 2.03 bits per heavy atom. The summed E-state index contributed by atoms with van der Waals surface area (Å²) < 4.78 is 17.4. The van der Waals surface area contributed by atoms with Crippen LogP contribution in [-0.2, 0) is 20.9 Å². The van der Waals surface area contributed by atoms with E-state index in [1.165, 1.54) is 12.6 Å². The van der Waals surface area contributed by atoms with Crippen molar-refractivity contribution in [2.45, 2.75) is 44.4 Å². The molecule has 0 radical (unpaired) electrons. The lowest BCUT2D eigenvalue weighted by molar-refractivity contribution is -0.118. The van der Waals surface area contributed by atoms with Gasteiger partial charge in [-0.2, -0.15) is 9.97 Å². The van der Waals surface area contributed by atoms with Crippen LogP contribution in [0.3, 0.4) is 0 Å². The molecule has 202 valence electrons. The Bertz CT molecular complexity index is 1330. The highest BCUT2D eigenvalue weighted by atomic mass is 16.5. The van der Waals surface area contributed by atoms with Crippen LogP contribution >= 0.6 is 0 Å². The SMILES string of the molecule is COc1ccc2ccc(=O)n(CCN[C@H]3CCCC(OC)C3)c2n1.O=CNc1ncc2c(n1)NC(=O)CO2. The van der Waals surface area contributed by atoms with Crippen molar-refractivity contribution in [2.24, 2.45) is 0 Å². The van der Waals surface area contributed by atoms with Crippen molar-refractivity contribution in [1.29, 1.82) is 0 Å². The molecule has 3 aromatic heterocycles. The zero-order valence-corrected chi connectivity index (χ0v) is 21.3. The van der Waals surface area contributed by atoms with Crippen LogP contribution in [0.5, 0.6) is 11.6 Å². The van der Waals surface area contributed by atoms with Crippen LogP contribution in [0.2, 0.25) is 0 Å². The van der Waals surface area contributed by atoms with Gasteiger partial charge in [-0.25, -0.2) is 4.98 Å². The van der Waals surface area contributed by atoms with E-state index in [4.69, 9.17) is 14.2 Å². The summed E-state index contributed by atoms with van der Waals surface area (Å²) in [5, 5.41) is 9.24. The summed E-state index contributed by atoms with van der Waals surface area (Å²) in [7, 11) is 3.36. The van der Waals surface area contributed by atoms with E-state index in [0.717, 1.165) is 31.2 Å². The number of ether oxygens (including phenoxy) is 3. The fourth-order valence-corrected chi connectivity index (χ4v) is 4.40. The Morgan fingerprint density at radius 3 is 2.82 bits per heavy atom. The molecule has 2 amide bonds. The molecule has 2 atom stereocenters. The van der Waals surface area contributed by atoms with Gasteiger partial charge in [-0.3, -0.25) is 24.3 Å². The maximum Gasteiger partial charge on any atom is 0.263 e. The summed E-state index contributed by atoms with van der Waals surface area (Å²) in [4.78, 5) is 45.3. The maximum absolute atomic E-state index is 12.2. The van der Waals surface area contributed by atoms with Crippen LogP contribution in [0, 0.1) is 0 Å². The molecule has 0 spiro atoms. The summed E-state index contributed by atoms with van der Waals surface area (Å²) in [5.41, 5.74) is 0.630. The maximum atomic E-state index is 12.2. The number of fused-ring (bicyclic) bond motifs is 2. The van der Waals surface area contributed by atoms with Gasteiger partial charge >= 0.3 is 0 Å². The zero-order chi connectivity index (χ0) is 26.9. The van der Waals surface area contributed by atoms with E-state index in [1.54, 1.807) is 30.9 Å². The molecule has 1 fully saturated rings. The number of nitrogens with one attached hydrogen (secondary N) is 3. The van der Waals surface area contributed by atoms with Gasteiger partial charge in [0.2, 0.25) is 18.2 Å². The van der Waals surface area contributed by atoms with Gasteiger partial charge in [-0.15, -0.1) is 0 Å². The summed E-state index contributed by atoms with van der Waals surface area (Å²) in [6, 6.07) is 7.59. The number of methoxy groups -OCH3 is 2. The van der Waals surface area contributed by atoms with Crippen molar-refractivity contribution < 1.29 is 23.8 Å². The van der Waals surface area contributed by atoms with Crippen molar-refractivity contribution in [3.8, 4) is 11.6 Å². The first-order chi connectivity index (χ1) is 18.5. The topological polar surface area (TPSA) is 159 Å². The highest BCUT2D eigenvalue weighted by Crippen LogP contribution is 2.24. The van der Waals surface area contributed by atoms with Gasteiger partial charge in [0.05, 0.1) is 19.4 Å². The molecular weight excluding hydrogens is 494 g/mol. The van der Waals surface area contributed by atoms with E-state index < -0.39 is 0 Å². The molecule has 5 rings (SSSR count). The third-order valence-corrected chi connectivity index (χ3v) is 6.30. The quantitative estimate of drug-likeness (QED) is 0.366. The number of hydrogen-bond acceptors (Lipinski definition) is 10. The molecule has 1 aliphatic heterocycles. The number of anilines is 2. The minimum atomic E-state index is -0.284. The van der Waals surface area contributed by atoms with Gasteiger partial charge in [0.25, 0.3) is 11.5 Å². The van der Waals surface area contributed by atoms with Gasteiger partial charge in [-0.1, -0.05) is 0 Å². The summed E-state index contributed by atoms with van der Waals surface area (Å²) in [6.07, 6.45) is 6.71. The van der Waals surface area contributed by atoms with Gasteiger partial charge in [0.15, 0.2) is 18.2 Å². The first kappa shape index (κ1) is 26.9. The second kappa shape index (κ2) is 12.9. The number of carbonyl (C=O) groups is 2. The Hall–Kier alpha value is -4.10. The number of aromatic nitrogens is 4. The molecule has 2 aliphatic rings. The average molecular weight is 526 g/mol. The largest absolute Gasteiger partial charge is 0.481 e. The van der Waals surface area contributed by atoms with Crippen molar-refractivity contribution >= 4 is 35.1 Å².